The molecule has 0 spiro atoms. The summed E-state index contributed by atoms with van der Waals surface area (Å²) in [7, 11) is 1.85. The smallest absolute Gasteiger partial charge is 0.313 e. The Balaban J connectivity index is 2.07. The number of hydrogen-bond donors (Lipinski definition) is 1. The van der Waals surface area contributed by atoms with E-state index in [2.05, 4.69) is 10.2 Å². The zero-order valence-corrected chi connectivity index (χ0v) is 10.8. The average molecular weight is 269 g/mol. The average Bonchev–Trinajstić information content (AvgIpc) is 2.89. The standard InChI is InChI=1S/C10H11N3O2S2/c1-13-8(5-7-3-2-4-16-7)11-12-10(13)17-6-9(14)15/h2-4H,5-6H2,1H3,(H,14,15). The summed E-state index contributed by atoms with van der Waals surface area (Å²) in [5, 5.41) is 19.3. The fraction of sp³-hybridized carbons (Fsp3) is 0.300. The first kappa shape index (κ1) is 12.1. The Bertz CT molecular complexity index is 508. The molecule has 0 fully saturated rings. The predicted molar refractivity (Wildman–Crippen MR) is 66.5 cm³/mol. The van der Waals surface area contributed by atoms with Crippen molar-refractivity contribution in [3.05, 3.63) is 28.2 Å². The quantitative estimate of drug-likeness (QED) is 0.836. The zero-order chi connectivity index (χ0) is 12.3. The number of aromatic nitrogens is 3. The number of thiophene rings is 1. The van der Waals surface area contributed by atoms with Crippen LogP contribution in [0, 0.1) is 0 Å². The maximum atomic E-state index is 10.5. The SMILES string of the molecule is Cn1c(Cc2cccs2)nnc1SCC(=O)O. The minimum atomic E-state index is -0.849. The van der Waals surface area contributed by atoms with Gasteiger partial charge in [-0.3, -0.25) is 4.79 Å². The van der Waals surface area contributed by atoms with Gasteiger partial charge in [-0.05, 0) is 11.4 Å². The molecule has 2 heterocycles. The number of carboxylic acids is 1. The largest absolute Gasteiger partial charge is 0.481 e. The number of rotatable bonds is 5. The maximum absolute atomic E-state index is 10.5. The molecule has 0 radical (unpaired) electrons. The van der Waals surface area contributed by atoms with Crippen LogP contribution in [0.5, 0.6) is 0 Å². The van der Waals surface area contributed by atoms with Crippen LogP contribution in [-0.2, 0) is 18.3 Å². The molecule has 1 N–H and O–H groups in total. The van der Waals surface area contributed by atoms with Crippen LogP contribution in [0.3, 0.4) is 0 Å². The summed E-state index contributed by atoms with van der Waals surface area (Å²) in [5.74, 6) is 0.00322. The Morgan fingerprint density at radius 1 is 1.59 bits per heavy atom. The van der Waals surface area contributed by atoms with Gasteiger partial charge in [-0.15, -0.1) is 21.5 Å². The molecule has 0 bridgehead atoms. The topological polar surface area (TPSA) is 68.0 Å². The Morgan fingerprint density at radius 2 is 2.41 bits per heavy atom. The summed E-state index contributed by atoms with van der Waals surface area (Å²) in [6.07, 6.45) is 0.731. The van der Waals surface area contributed by atoms with Gasteiger partial charge >= 0.3 is 5.97 Å². The molecule has 0 saturated heterocycles. The van der Waals surface area contributed by atoms with Crippen LogP contribution >= 0.6 is 23.1 Å². The Morgan fingerprint density at radius 3 is 3.06 bits per heavy atom. The van der Waals surface area contributed by atoms with E-state index in [0.717, 1.165) is 12.2 Å². The van der Waals surface area contributed by atoms with Gasteiger partial charge in [0.2, 0.25) is 0 Å². The highest BCUT2D eigenvalue weighted by molar-refractivity contribution is 7.99. The summed E-state index contributed by atoms with van der Waals surface area (Å²) in [5.41, 5.74) is 0. The third-order valence-electron chi connectivity index (χ3n) is 2.16. The first-order valence-electron chi connectivity index (χ1n) is 4.92. The third kappa shape index (κ3) is 3.07. The van der Waals surface area contributed by atoms with Crippen molar-refractivity contribution in [1.82, 2.24) is 14.8 Å². The fourth-order valence-corrected chi connectivity index (χ4v) is 2.67. The van der Waals surface area contributed by atoms with E-state index in [0.29, 0.717) is 5.16 Å². The van der Waals surface area contributed by atoms with Crippen LogP contribution in [0.25, 0.3) is 0 Å². The molecule has 17 heavy (non-hydrogen) atoms. The lowest BCUT2D eigenvalue weighted by Crippen LogP contribution is -2.02. The molecule has 0 aliphatic carbocycles. The summed E-state index contributed by atoms with van der Waals surface area (Å²) in [4.78, 5) is 11.7. The van der Waals surface area contributed by atoms with Gasteiger partial charge in [0, 0.05) is 18.3 Å². The number of hydrogen-bond acceptors (Lipinski definition) is 5. The molecule has 2 rings (SSSR count). The molecule has 0 aliphatic rings. The lowest BCUT2D eigenvalue weighted by atomic mass is 10.3. The molecule has 0 unspecified atom stereocenters. The van der Waals surface area contributed by atoms with Gasteiger partial charge in [0.15, 0.2) is 5.16 Å². The van der Waals surface area contributed by atoms with Crippen LogP contribution in [-0.4, -0.2) is 31.6 Å². The highest BCUT2D eigenvalue weighted by Gasteiger charge is 2.11. The molecule has 90 valence electrons. The first-order valence-corrected chi connectivity index (χ1v) is 6.78. The second-order valence-corrected chi connectivity index (χ2v) is 5.37. The highest BCUT2D eigenvalue weighted by Crippen LogP contribution is 2.18. The van der Waals surface area contributed by atoms with Gasteiger partial charge in [0.05, 0.1) is 5.75 Å². The Kier molecular flexibility index (Phi) is 3.80. The van der Waals surface area contributed by atoms with Gasteiger partial charge in [-0.2, -0.15) is 0 Å². The van der Waals surface area contributed by atoms with E-state index < -0.39 is 5.97 Å². The molecule has 7 heteroatoms. The van der Waals surface area contributed by atoms with Crippen molar-refractivity contribution < 1.29 is 9.90 Å². The lowest BCUT2D eigenvalue weighted by Gasteiger charge is -2.01. The molecular weight excluding hydrogens is 258 g/mol. The number of nitrogens with zero attached hydrogens (tertiary/aromatic N) is 3. The summed E-state index contributed by atoms with van der Waals surface area (Å²) >= 11 is 2.85. The van der Waals surface area contributed by atoms with Crippen molar-refractivity contribution in [1.29, 1.82) is 0 Å². The van der Waals surface area contributed by atoms with E-state index in [4.69, 9.17) is 5.11 Å². The van der Waals surface area contributed by atoms with Gasteiger partial charge in [-0.1, -0.05) is 17.8 Å². The van der Waals surface area contributed by atoms with Gasteiger partial charge < -0.3 is 9.67 Å². The van der Waals surface area contributed by atoms with Gasteiger partial charge in [0.25, 0.3) is 0 Å². The summed E-state index contributed by atoms with van der Waals surface area (Å²) in [6, 6.07) is 4.04. The molecule has 0 aliphatic heterocycles. The first-order chi connectivity index (χ1) is 8.16. The van der Waals surface area contributed by atoms with Crippen molar-refractivity contribution in [3.8, 4) is 0 Å². The second-order valence-electron chi connectivity index (χ2n) is 3.40. The minimum absolute atomic E-state index is 0.00494. The van der Waals surface area contributed by atoms with E-state index in [9.17, 15) is 4.79 Å². The molecule has 0 atom stereocenters. The van der Waals surface area contributed by atoms with Gasteiger partial charge in [0.1, 0.15) is 5.82 Å². The molecule has 0 aromatic carbocycles. The van der Waals surface area contributed by atoms with E-state index in [1.54, 1.807) is 11.3 Å². The van der Waals surface area contributed by atoms with Crippen LogP contribution in [0.2, 0.25) is 0 Å². The number of carbonyl (C=O) groups is 1. The third-order valence-corrected chi connectivity index (χ3v) is 4.04. The normalized spacial score (nSPS) is 10.6. The second kappa shape index (κ2) is 5.33. The maximum Gasteiger partial charge on any atom is 0.313 e. The Labute approximate surface area is 106 Å². The molecule has 2 aromatic rings. The van der Waals surface area contributed by atoms with E-state index in [1.807, 2.05) is 29.1 Å². The fourth-order valence-electron chi connectivity index (χ4n) is 1.32. The van der Waals surface area contributed by atoms with Crippen molar-refractivity contribution in [2.75, 3.05) is 5.75 Å². The van der Waals surface area contributed by atoms with Crippen LogP contribution in [0.15, 0.2) is 22.7 Å². The van der Waals surface area contributed by atoms with E-state index >= 15 is 0 Å². The highest BCUT2D eigenvalue weighted by atomic mass is 32.2. The zero-order valence-electron chi connectivity index (χ0n) is 9.16. The number of carboxylic acid groups (broad SMARTS) is 1. The lowest BCUT2D eigenvalue weighted by molar-refractivity contribution is -0.133. The summed E-state index contributed by atoms with van der Waals surface area (Å²) in [6.45, 7) is 0. The molecule has 2 aromatic heterocycles. The van der Waals surface area contributed by atoms with Gasteiger partial charge in [-0.25, -0.2) is 0 Å². The molecule has 0 amide bonds. The predicted octanol–water partition coefficient (Wildman–Crippen LogP) is 1.64. The van der Waals surface area contributed by atoms with Crippen molar-refractivity contribution >= 4 is 29.1 Å². The van der Waals surface area contributed by atoms with Crippen LogP contribution in [0.1, 0.15) is 10.7 Å². The van der Waals surface area contributed by atoms with Crippen LogP contribution in [0.4, 0.5) is 0 Å². The van der Waals surface area contributed by atoms with Crippen LogP contribution < -0.4 is 0 Å². The number of thioether (sulfide) groups is 1. The molecule has 0 saturated carbocycles. The number of aliphatic carboxylic acids is 1. The monoisotopic (exact) mass is 269 g/mol. The Hall–Kier alpha value is -1.34. The van der Waals surface area contributed by atoms with Crippen molar-refractivity contribution in [2.24, 2.45) is 7.05 Å². The molecule has 5 nitrogen and oxygen atoms in total. The molecular formula is C10H11N3O2S2. The van der Waals surface area contributed by atoms with Crippen molar-refractivity contribution in [2.45, 2.75) is 11.6 Å². The van der Waals surface area contributed by atoms with Crippen molar-refractivity contribution in [3.63, 3.8) is 0 Å². The van der Waals surface area contributed by atoms with E-state index in [1.165, 1.54) is 16.6 Å². The summed E-state index contributed by atoms with van der Waals surface area (Å²) < 4.78 is 1.84. The van der Waals surface area contributed by atoms with E-state index in [-0.39, 0.29) is 5.75 Å². The minimum Gasteiger partial charge on any atom is -0.481 e.